The average Bonchev–Trinajstić information content (AvgIpc) is 2.46. The molecular formula is C16H16BrClFNO. The second-order valence-corrected chi connectivity index (χ2v) is 5.82. The van der Waals surface area contributed by atoms with Gasteiger partial charge in [-0.1, -0.05) is 40.5 Å². The van der Waals surface area contributed by atoms with Crippen molar-refractivity contribution >= 4 is 27.5 Å². The molecule has 0 aliphatic heterocycles. The summed E-state index contributed by atoms with van der Waals surface area (Å²) in [6, 6.07) is 10.1. The van der Waals surface area contributed by atoms with Crippen molar-refractivity contribution in [3.63, 3.8) is 0 Å². The largest absolute Gasteiger partial charge is 0.489 e. The summed E-state index contributed by atoms with van der Waals surface area (Å²) < 4.78 is 19.8. The van der Waals surface area contributed by atoms with Gasteiger partial charge < -0.3 is 10.1 Å². The molecule has 0 aliphatic carbocycles. The number of benzene rings is 2. The van der Waals surface area contributed by atoms with Gasteiger partial charge in [-0.05, 0) is 42.4 Å². The van der Waals surface area contributed by atoms with E-state index in [2.05, 4.69) is 28.2 Å². The topological polar surface area (TPSA) is 21.3 Å². The van der Waals surface area contributed by atoms with Crippen molar-refractivity contribution in [3.05, 3.63) is 62.8 Å². The van der Waals surface area contributed by atoms with E-state index in [4.69, 9.17) is 16.3 Å². The molecule has 0 unspecified atom stereocenters. The van der Waals surface area contributed by atoms with E-state index in [1.165, 1.54) is 12.1 Å². The number of ether oxygens (including phenoxy) is 1. The summed E-state index contributed by atoms with van der Waals surface area (Å²) in [5, 5.41) is 3.65. The van der Waals surface area contributed by atoms with Crippen molar-refractivity contribution in [2.45, 2.75) is 20.1 Å². The van der Waals surface area contributed by atoms with E-state index in [-0.39, 0.29) is 5.82 Å². The number of halogens is 3. The monoisotopic (exact) mass is 371 g/mol. The number of nitrogens with one attached hydrogen (secondary N) is 1. The third-order valence-electron chi connectivity index (χ3n) is 2.99. The van der Waals surface area contributed by atoms with Crippen LogP contribution < -0.4 is 10.1 Å². The molecule has 2 aromatic carbocycles. The summed E-state index contributed by atoms with van der Waals surface area (Å²) in [5.41, 5.74) is 1.88. The number of hydrogen-bond acceptors (Lipinski definition) is 2. The Balaban J connectivity index is 2.05. The zero-order chi connectivity index (χ0) is 15.2. The summed E-state index contributed by atoms with van der Waals surface area (Å²) in [4.78, 5) is 0. The highest BCUT2D eigenvalue weighted by Crippen LogP contribution is 2.24. The van der Waals surface area contributed by atoms with Crippen LogP contribution in [0.1, 0.15) is 18.1 Å². The van der Waals surface area contributed by atoms with E-state index in [0.29, 0.717) is 11.6 Å². The molecule has 0 aliphatic rings. The van der Waals surface area contributed by atoms with Crippen molar-refractivity contribution in [2.75, 3.05) is 6.54 Å². The lowest BCUT2D eigenvalue weighted by Gasteiger charge is -2.11. The van der Waals surface area contributed by atoms with Crippen LogP contribution in [0.25, 0.3) is 0 Å². The van der Waals surface area contributed by atoms with E-state index < -0.39 is 0 Å². The normalized spacial score (nSPS) is 10.7. The second-order valence-electron chi connectivity index (χ2n) is 4.56. The minimum atomic E-state index is -0.347. The van der Waals surface area contributed by atoms with Gasteiger partial charge in [-0.3, -0.25) is 0 Å². The zero-order valence-corrected chi connectivity index (χ0v) is 14.0. The molecule has 0 fully saturated rings. The Labute approximate surface area is 137 Å². The minimum Gasteiger partial charge on any atom is -0.489 e. The predicted molar refractivity (Wildman–Crippen MR) is 87.3 cm³/mol. The fourth-order valence-corrected chi connectivity index (χ4v) is 2.44. The molecule has 5 heteroatoms. The van der Waals surface area contributed by atoms with Gasteiger partial charge in [0.25, 0.3) is 0 Å². The molecule has 1 N–H and O–H groups in total. The SMILES string of the molecule is CCNCc1cc(OCc2ccc(F)cc2Cl)ccc1Br. The molecule has 2 nitrogen and oxygen atoms in total. The first kappa shape index (κ1) is 16.3. The highest BCUT2D eigenvalue weighted by atomic mass is 79.9. The molecule has 2 aromatic rings. The van der Waals surface area contributed by atoms with Gasteiger partial charge in [0.15, 0.2) is 0 Å². The Hall–Kier alpha value is -1.10. The summed E-state index contributed by atoms with van der Waals surface area (Å²) in [6.45, 7) is 4.04. The van der Waals surface area contributed by atoms with E-state index in [9.17, 15) is 4.39 Å². The molecule has 0 amide bonds. The van der Waals surface area contributed by atoms with Crippen molar-refractivity contribution in [1.29, 1.82) is 0 Å². The van der Waals surface area contributed by atoms with Crippen LogP contribution >= 0.6 is 27.5 Å². The predicted octanol–water partition coefficient (Wildman–Crippen LogP) is 4.93. The molecular weight excluding hydrogens is 357 g/mol. The summed E-state index contributed by atoms with van der Waals surface area (Å²) in [6.07, 6.45) is 0. The van der Waals surface area contributed by atoms with Crippen LogP contribution in [-0.2, 0) is 13.2 Å². The third-order valence-corrected chi connectivity index (χ3v) is 4.12. The van der Waals surface area contributed by atoms with Crippen molar-refractivity contribution < 1.29 is 9.13 Å². The van der Waals surface area contributed by atoms with Gasteiger partial charge in [-0.25, -0.2) is 4.39 Å². The molecule has 0 heterocycles. The minimum absolute atomic E-state index is 0.307. The van der Waals surface area contributed by atoms with Crippen molar-refractivity contribution in [3.8, 4) is 5.75 Å². The van der Waals surface area contributed by atoms with Crippen LogP contribution in [0.2, 0.25) is 5.02 Å². The highest BCUT2D eigenvalue weighted by molar-refractivity contribution is 9.10. The molecule has 0 atom stereocenters. The molecule has 112 valence electrons. The van der Waals surface area contributed by atoms with Crippen molar-refractivity contribution in [1.82, 2.24) is 5.32 Å². The second kappa shape index (κ2) is 7.78. The molecule has 0 bridgehead atoms. The molecule has 2 rings (SSSR count). The third kappa shape index (κ3) is 4.70. The fourth-order valence-electron chi connectivity index (χ4n) is 1.84. The first-order valence-electron chi connectivity index (χ1n) is 6.66. The van der Waals surface area contributed by atoms with Crippen LogP contribution in [0.5, 0.6) is 5.75 Å². The van der Waals surface area contributed by atoms with Gasteiger partial charge >= 0.3 is 0 Å². The van der Waals surface area contributed by atoms with Gasteiger partial charge in [-0.2, -0.15) is 0 Å². The maximum Gasteiger partial charge on any atom is 0.124 e. The lowest BCUT2D eigenvalue weighted by molar-refractivity contribution is 0.305. The summed E-state index contributed by atoms with van der Waals surface area (Å²) in [5.74, 6) is 0.409. The Bertz CT molecular complexity index is 621. The molecule has 0 aromatic heterocycles. The van der Waals surface area contributed by atoms with Gasteiger partial charge in [-0.15, -0.1) is 0 Å². The zero-order valence-electron chi connectivity index (χ0n) is 11.6. The quantitative estimate of drug-likeness (QED) is 0.776. The maximum atomic E-state index is 13.0. The highest BCUT2D eigenvalue weighted by Gasteiger charge is 2.05. The Morgan fingerprint density at radius 3 is 2.71 bits per heavy atom. The van der Waals surface area contributed by atoms with Crippen LogP contribution in [-0.4, -0.2) is 6.54 Å². The molecule has 21 heavy (non-hydrogen) atoms. The number of hydrogen-bond donors (Lipinski definition) is 1. The number of rotatable bonds is 6. The summed E-state index contributed by atoms with van der Waals surface area (Å²) in [7, 11) is 0. The Morgan fingerprint density at radius 2 is 2.00 bits per heavy atom. The van der Waals surface area contributed by atoms with Gasteiger partial charge in [0.1, 0.15) is 18.2 Å². The molecule has 0 saturated heterocycles. The Kier molecular flexibility index (Phi) is 6.03. The smallest absolute Gasteiger partial charge is 0.124 e. The van der Waals surface area contributed by atoms with E-state index in [0.717, 1.165) is 34.4 Å². The van der Waals surface area contributed by atoms with Gasteiger partial charge in [0.05, 0.1) is 5.02 Å². The fraction of sp³-hybridized carbons (Fsp3) is 0.250. The lowest BCUT2D eigenvalue weighted by atomic mass is 10.2. The van der Waals surface area contributed by atoms with Crippen LogP contribution in [0.3, 0.4) is 0 Å². The first-order valence-corrected chi connectivity index (χ1v) is 7.83. The van der Waals surface area contributed by atoms with Gasteiger partial charge in [0.2, 0.25) is 0 Å². The van der Waals surface area contributed by atoms with Crippen LogP contribution in [0, 0.1) is 5.82 Å². The van der Waals surface area contributed by atoms with Crippen molar-refractivity contribution in [2.24, 2.45) is 0 Å². The summed E-state index contributed by atoms with van der Waals surface area (Å²) >= 11 is 9.50. The first-order chi connectivity index (χ1) is 10.1. The Morgan fingerprint density at radius 1 is 1.19 bits per heavy atom. The maximum absolute atomic E-state index is 13.0. The average molecular weight is 373 g/mol. The molecule has 0 spiro atoms. The molecule has 0 radical (unpaired) electrons. The standard InChI is InChI=1S/C16H16BrClFNO/c1-2-20-9-12-7-14(5-6-15(12)17)21-10-11-3-4-13(19)8-16(11)18/h3-8,20H,2,9-10H2,1H3. The molecule has 0 saturated carbocycles. The van der Waals surface area contributed by atoms with E-state index in [1.54, 1.807) is 6.07 Å². The van der Waals surface area contributed by atoms with Gasteiger partial charge in [0, 0.05) is 16.6 Å². The van der Waals surface area contributed by atoms with Crippen LogP contribution in [0.15, 0.2) is 40.9 Å². The van der Waals surface area contributed by atoms with E-state index in [1.807, 2.05) is 18.2 Å². The van der Waals surface area contributed by atoms with E-state index >= 15 is 0 Å². The lowest BCUT2D eigenvalue weighted by Crippen LogP contribution is -2.12. The van der Waals surface area contributed by atoms with Crippen LogP contribution in [0.4, 0.5) is 4.39 Å².